The van der Waals surface area contributed by atoms with Gasteiger partial charge in [0.05, 0.1) is 0 Å². The SMILES string of the molecule is [CH2]CC(C)(OC(=O)C=C)c1ccccc1. The molecule has 0 aliphatic carbocycles. The van der Waals surface area contributed by atoms with Crippen LogP contribution in [-0.2, 0) is 15.1 Å². The maximum absolute atomic E-state index is 11.2. The fourth-order valence-electron chi connectivity index (χ4n) is 1.31. The molecule has 0 amide bonds. The number of hydrogen-bond acceptors (Lipinski definition) is 2. The van der Waals surface area contributed by atoms with Gasteiger partial charge in [-0.15, -0.1) is 0 Å². The fraction of sp³-hybridized carbons (Fsp3) is 0.231. The van der Waals surface area contributed by atoms with Gasteiger partial charge < -0.3 is 4.74 Å². The third-order valence-corrected chi connectivity index (χ3v) is 2.35. The summed E-state index contributed by atoms with van der Waals surface area (Å²) in [7, 11) is 0. The first-order valence-corrected chi connectivity index (χ1v) is 4.82. The molecule has 1 aromatic carbocycles. The molecule has 1 atom stereocenters. The molecule has 1 unspecified atom stereocenters. The Labute approximate surface area is 90.6 Å². The van der Waals surface area contributed by atoms with Crippen molar-refractivity contribution < 1.29 is 9.53 Å². The third-order valence-electron chi connectivity index (χ3n) is 2.35. The van der Waals surface area contributed by atoms with E-state index in [1.807, 2.05) is 37.3 Å². The van der Waals surface area contributed by atoms with Crippen molar-refractivity contribution in [3.8, 4) is 0 Å². The summed E-state index contributed by atoms with van der Waals surface area (Å²) >= 11 is 0. The summed E-state index contributed by atoms with van der Waals surface area (Å²) in [6.07, 6.45) is 1.65. The summed E-state index contributed by atoms with van der Waals surface area (Å²) < 4.78 is 5.30. The van der Waals surface area contributed by atoms with Crippen LogP contribution in [0.5, 0.6) is 0 Å². The molecule has 0 aliphatic rings. The third kappa shape index (κ3) is 2.69. The molecule has 1 aromatic rings. The normalized spacial score (nSPS) is 14.0. The van der Waals surface area contributed by atoms with Crippen LogP contribution in [0.3, 0.4) is 0 Å². The zero-order valence-corrected chi connectivity index (χ0v) is 8.90. The van der Waals surface area contributed by atoms with Crippen molar-refractivity contribution in [2.24, 2.45) is 0 Å². The number of rotatable bonds is 4. The van der Waals surface area contributed by atoms with Crippen molar-refractivity contribution in [3.63, 3.8) is 0 Å². The summed E-state index contributed by atoms with van der Waals surface area (Å²) in [5.41, 5.74) is 0.266. The van der Waals surface area contributed by atoms with E-state index >= 15 is 0 Å². The molecule has 0 saturated carbocycles. The number of carbonyl (C=O) groups is 1. The molecule has 0 N–H and O–H groups in total. The quantitative estimate of drug-likeness (QED) is 0.555. The minimum atomic E-state index is -0.674. The fourth-order valence-corrected chi connectivity index (χ4v) is 1.31. The second-order valence-electron chi connectivity index (χ2n) is 3.47. The molecule has 0 aromatic heterocycles. The van der Waals surface area contributed by atoms with E-state index in [2.05, 4.69) is 13.5 Å². The Morgan fingerprint density at radius 1 is 1.47 bits per heavy atom. The van der Waals surface area contributed by atoms with Crippen LogP contribution in [0.25, 0.3) is 0 Å². The van der Waals surface area contributed by atoms with Gasteiger partial charge in [-0.1, -0.05) is 36.9 Å². The highest BCUT2D eigenvalue weighted by Gasteiger charge is 2.27. The summed E-state index contributed by atoms with van der Waals surface area (Å²) in [5, 5.41) is 0. The topological polar surface area (TPSA) is 26.3 Å². The van der Waals surface area contributed by atoms with Crippen molar-refractivity contribution in [1.29, 1.82) is 0 Å². The van der Waals surface area contributed by atoms with Crippen molar-refractivity contribution in [2.75, 3.05) is 0 Å². The summed E-state index contributed by atoms with van der Waals surface area (Å²) in [4.78, 5) is 11.2. The Morgan fingerprint density at radius 2 is 2.07 bits per heavy atom. The molecule has 1 radical (unpaired) electrons. The van der Waals surface area contributed by atoms with Gasteiger partial charge in [0.15, 0.2) is 0 Å². The van der Waals surface area contributed by atoms with Gasteiger partial charge in [-0.25, -0.2) is 4.79 Å². The second-order valence-corrected chi connectivity index (χ2v) is 3.47. The minimum absolute atomic E-state index is 0.426. The molecule has 0 aliphatic heterocycles. The smallest absolute Gasteiger partial charge is 0.331 e. The highest BCUT2D eigenvalue weighted by molar-refractivity contribution is 5.81. The Balaban J connectivity index is 2.95. The Morgan fingerprint density at radius 3 is 2.53 bits per heavy atom. The highest BCUT2D eigenvalue weighted by Crippen LogP contribution is 2.28. The average molecular weight is 203 g/mol. The largest absolute Gasteiger partial charge is 0.451 e. The zero-order valence-electron chi connectivity index (χ0n) is 8.90. The van der Waals surface area contributed by atoms with Crippen molar-refractivity contribution >= 4 is 5.97 Å². The minimum Gasteiger partial charge on any atom is -0.451 e. The van der Waals surface area contributed by atoms with Gasteiger partial charge in [0, 0.05) is 6.08 Å². The molecule has 2 heteroatoms. The first-order chi connectivity index (χ1) is 7.12. The molecular formula is C13H15O2. The van der Waals surface area contributed by atoms with E-state index in [9.17, 15) is 4.79 Å². The van der Waals surface area contributed by atoms with E-state index in [0.717, 1.165) is 11.6 Å². The highest BCUT2D eigenvalue weighted by atomic mass is 16.6. The van der Waals surface area contributed by atoms with E-state index < -0.39 is 11.6 Å². The van der Waals surface area contributed by atoms with Gasteiger partial charge in [0.1, 0.15) is 5.60 Å². The molecule has 0 bridgehead atoms. The van der Waals surface area contributed by atoms with Gasteiger partial charge in [0.25, 0.3) is 0 Å². The number of carbonyl (C=O) groups excluding carboxylic acids is 1. The summed E-state index contributed by atoms with van der Waals surface area (Å²) in [6.45, 7) is 9.03. The summed E-state index contributed by atoms with van der Waals surface area (Å²) in [5.74, 6) is -0.426. The predicted octanol–water partition coefficient (Wildman–Crippen LogP) is 2.86. The first kappa shape index (κ1) is 11.5. The lowest BCUT2D eigenvalue weighted by Gasteiger charge is -2.28. The lowest BCUT2D eigenvalue weighted by atomic mass is 9.93. The summed E-state index contributed by atoms with van der Waals surface area (Å²) in [6, 6.07) is 9.57. The molecule has 0 spiro atoms. The lowest BCUT2D eigenvalue weighted by molar-refractivity contribution is -0.152. The van der Waals surface area contributed by atoms with E-state index in [0.29, 0.717) is 6.42 Å². The molecule has 0 fully saturated rings. The van der Waals surface area contributed by atoms with Gasteiger partial charge in [0.2, 0.25) is 0 Å². The van der Waals surface area contributed by atoms with Crippen LogP contribution in [0.1, 0.15) is 18.9 Å². The predicted molar refractivity (Wildman–Crippen MR) is 60.1 cm³/mol. The Bertz CT molecular complexity index is 343. The number of hydrogen-bond donors (Lipinski definition) is 0. The lowest BCUT2D eigenvalue weighted by Crippen LogP contribution is -2.27. The van der Waals surface area contributed by atoms with Gasteiger partial charge in [-0.2, -0.15) is 0 Å². The standard InChI is InChI=1S/C13H15O2/c1-4-12(14)15-13(3,5-2)11-9-7-6-8-10-11/h4,6-10H,1-2,5H2,3H3. The van der Waals surface area contributed by atoms with E-state index in [1.165, 1.54) is 0 Å². The maximum Gasteiger partial charge on any atom is 0.331 e. The molecule has 15 heavy (non-hydrogen) atoms. The number of esters is 1. The molecule has 2 nitrogen and oxygen atoms in total. The van der Waals surface area contributed by atoms with Crippen LogP contribution < -0.4 is 0 Å². The van der Waals surface area contributed by atoms with Crippen LogP contribution in [0, 0.1) is 6.92 Å². The van der Waals surface area contributed by atoms with E-state index in [1.54, 1.807) is 0 Å². The maximum atomic E-state index is 11.2. The molecule has 0 heterocycles. The molecular weight excluding hydrogens is 188 g/mol. The Hall–Kier alpha value is -1.57. The molecule has 0 saturated heterocycles. The van der Waals surface area contributed by atoms with Crippen LogP contribution in [0.2, 0.25) is 0 Å². The molecule has 1 rings (SSSR count). The van der Waals surface area contributed by atoms with E-state index in [4.69, 9.17) is 4.74 Å². The van der Waals surface area contributed by atoms with Crippen LogP contribution >= 0.6 is 0 Å². The van der Waals surface area contributed by atoms with Crippen molar-refractivity contribution in [1.82, 2.24) is 0 Å². The number of benzene rings is 1. The molecule has 79 valence electrons. The van der Waals surface area contributed by atoms with Crippen molar-refractivity contribution in [3.05, 3.63) is 55.5 Å². The monoisotopic (exact) mass is 203 g/mol. The van der Waals surface area contributed by atoms with Gasteiger partial charge >= 0.3 is 5.97 Å². The second kappa shape index (κ2) is 4.78. The van der Waals surface area contributed by atoms with E-state index in [-0.39, 0.29) is 0 Å². The average Bonchev–Trinajstić information content (AvgIpc) is 2.30. The van der Waals surface area contributed by atoms with Crippen LogP contribution in [-0.4, -0.2) is 5.97 Å². The van der Waals surface area contributed by atoms with Crippen LogP contribution in [0.15, 0.2) is 43.0 Å². The zero-order chi connectivity index (χ0) is 11.3. The Kier molecular flexibility index (Phi) is 3.67. The first-order valence-electron chi connectivity index (χ1n) is 4.82. The van der Waals surface area contributed by atoms with Gasteiger partial charge in [-0.05, 0) is 25.8 Å². The van der Waals surface area contributed by atoms with Crippen molar-refractivity contribution in [2.45, 2.75) is 18.9 Å². The van der Waals surface area contributed by atoms with Crippen LogP contribution in [0.4, 0.5) is 0 Å². The van der Waals surface area contributed by atoms with Gasteiger partial charge in [-0.3, -0.25) is 0 Å². The number of ether oxygens (including phenoxy) is 1.